The van der Waals surface area contributed by atoms with Gasteiger partial charge in [-0.25, -0.2) is 4.98 Å². The number of halogens is 1. The lowest BCUT2D eigenvalue weighted by molar-refractivity contribution is 0.355. The Labute approximate surface area is 111 Å². The van der Waals surface area contributed by atoms with Gasteiger partial charge in [0, 0.05) is 5.56 Å². The van der Waals surface area contributed by atoms with Crippen LogP contribution in [0.4, 0.5) is 0 Å². The van der Waals surface area contributed by atoms with Gasteiger partial charge in [0.2, 0.25) is 0 Å². The number of methoxy groups -OCH3 is 2. The minimum Gasteiger partial charge on any atom is -0.493 e. The molecule has 0 saturated carbocycles. The molecule has 0 spiro atoms. The van der Waals surface area contributed by atoms with E-state index in [-0.39, 0.29) is 0 Å². The van der Waals surface area contributed by atoms with E-state index in [1.165, 1.54) is 0 Å². The van der Waals surface area contributed by atoms with Crippen LogP contribution in [0.15, 0.2) is 18.3 Å². The Hall–Kier alpha value is -1.68. The van der Waals surface area contributed by atoms with Gasteiger partial charge in [0.15, 0.2) is 11.5 Å². The van der Waals surface area contributed by atoms with Crippen LogP contribution in [0.1, 0.15) is 11.4 Å². The van der Waals surface area contributed by atoms with Crippen molar-refractivity contribution in [2.75, 3.05) is 14.2 Å². The molecule has 0 amide bonds. The Morgan fingerprint density at radius 1 is 1.22 bits per heavy atom. The smallest absolute Gasteiger partial charge is 0.161 e. The highest BCUT2D eigenvalue weighted by Gasteiger charge is 2.11. The number of rotatable bonds is 4. The van der Waals surface area contributed by atoms with Crippen molar-refractivity contribution in [1.29, 1.82) is 0 Å². The van der Waals surface area contributed by atoms with Crippen LogP contribution >= 0.6 is 11.6 Å². The van der Waals surface area contributed by atoms with Crippen LogP contribution in [0.25, 0.3) is 11.3 Å². The first kappa shape index (κ1) is 12.8. The second-order valence-corrected chi connectivity index (χ2v) is 4.17. The van der Waals surface area contributed by atoms with Gasteiger partial charge in [-0.1, -0.05) is 0 Å². The number of hydrogen-bond acceptors (Lipinski definition) is 3. The summed E-state index contributed by atoms with van der Waals surface area (Å²) in [5, 5.41) is 0. The third kappa shape index (κ3) is 2.29. The minimum atomic E-state index is 0.367. The first-order valence-corrected chi connectivity index (χ1v) is 6.06. The normalized spacial score (nSPS) is 10.4. The largest absolute Gasteiger partial charge is 0.493 e. The fourth-order valence-corrected chi connectivity index (χ4v) is 1.97. The van der Waals surface area contributed by atoms with Crippen LogP contribution in [0.2, 0.25) is 0 Å². The summed E-state index contributed by atoms with van der Waals surface area (Å²) in [6.45, 7) is 2.01. The molecule has 0 saturated heterocycles. The number of aromatic amines is 1. The number of alkyl halides is 1. The number of ether oxygens (including phenoxy) is 2. The van der Waals surface area contributed by atoms with Crippen LogP contribution in [0, 0.1) is 6.92 Å². The Kier molecular flexibility index (Phi) is 3.77. The van der Waals surface area contributed by atoms with E-state index in [9.17, 15) is 0 Å². The van der Waals surface area contributed by atoms with Crippen molar-refractivity contribution in [2.45, 2.75) is 12.8 Å². The number of aromatic nitrogens is 2. The molecular weight excluding hydrogens is 252 g/mol. The van der Waals surface area contributed by atoms with E-state index >= 15 is 0 Å². The lowest BCUT2D eigenvalue weighted by Crippen LogP contribution is -1.93. The van der Waals surface area contributed by atoms with Crippen LogP contribution in [0.3, 0.4) is 0 Å². The molecule has 0 aliphatic rings. The average Bonchev–Trinajstić information content (AvgIpc) is 2.86. The Morgan fingerprint density at radius 3 is 2.44 bits per heavy atom. The highest BCUT2D eigenvalue weighted by atomic mass is 35.5. The summed E-state index contributed by atoms with van der Waals surface area (Å²) < 4.78 is 10.6. The van der Waals surface area contributed by atoms with Crippen LogP contribution in [0.5, 0.6) is 11.5 Å². The van der Waals surface area contributed by atoms with Crippen molar-refractivity contribution in [2.24, 2.45) is 0 Å². The number of aryl methyl sites for hydroxylation is 1. The van der Waals surface area contributed by atoms with Gasteiger partial charge >= 0.3 is 0 Å². The maximum absolute atomic E-state index is 5.74. The van der Waals surface area contributed by atoms with Crippen molar-refractivity contribution in [1.82, 2.24) is 9.97 Å². The molecule has 0 bridgehead atoms. The Bertz CT molecular complexity index is 552. The second kappa shape index (κ2) is 5.31. The maximum atomic E-state index is 5.74. The summed E-state index contributed by atoms with van der Waals surface area (Å²) in [6.07, 6.45) is 1.77. The highest BCUT2D eigenvalue weighted by molar-refractivity contribution is 6.16. The fraction of sp³-hybridized carbons (Fsp3) is 0.308. The average molecular weight is 267 g/mol. The zero-order valence-corrected chi connectivity index (χ0v) is 11.3. The molecule has 2 rings (SSSR count). The van der Waals surface area contributed by atoms with Crippen LogP contribution in [-0.2, 0) is 5.88 Å². The molecule has 1 aromatic heterocycles. The zero-order chi connectivity index (χ0) is 13.1. The van der Waals surface area contributed by atoms with Crippen LogP contribution in [-0.4, -0.2) is 24.2 Å². The predicted molar refractivity (Wildman–Crippen MR) is 71.4 cm³/mol. The number of nitrogens with zero attached hydrogens (tertiary/aromatic N) is 1. The van der Waals surface area contributed by atoms with Gasteiger partial charge in [-0.3, -0.25) is 0 Å². The van der Waals surface area contributed by atoms with Crippen molar-refractivity contribution in [3.63, 3.8) is 0 Å². The SMILES string of the molecule is COc1cc(C)c(-c2cnc(CCl)[nH]2)cc1OC. The molecule has 4 nitrogen and oxygen atoms in total. The van der Waals surface area contributed by atoms with E-state index in [0.29, 0.717) is 11.6 Å². The van der Waals surface area contributed by atoms with E-state index in [1.807, 2.05) is 19.1 Å². The van der Waals surface area contributed by atoms with Gasteiger partial charge in [0.05, 0.1) is 32.0 Å². The third-order valence-electron chi connectivity index (χ3n) is 2.78. The topological polar surface area (TPSA) is 47.1 Å². The molecule has 18 heavy (non-hydrogen) atoms. The minimum absolute atomic E-state index is 0.367. The molecule has 5 heteroatoms. The van der Waals surface area contributed by atoms with Crippen molar-refractivity contribution in [3.05, 3.63) is 29.7 Å². The van der Waals surface area contributed by atoms with E-state index in [0.717, 1.165) is 28.4 Å². The van der Waals surface area contributed by atoms with Gasteiger partial charge < -0.3 is 14.5 Å². The number of benzene rings is 1. The molecule has 1 heterocycles. The standard InChI is InChI=1S/C13H15ClN2O2/c1-8-4-11(17-2)12(18-3)5-9(8)10-7-15-13(6-14)16-10/h4-5,7H,6H2,1-3H3,(H,15,16). The quantitative estimate of drug-likeness (QED) is 0.865. The molecule has 1 aromatic carbocycles. The van der Waals surface area contributed by atoms with Gasteiger partial charge in [-0.2, -0.15) is 0 Å². The molecule has 1 N–H and O–H groups in total. The first-order valence-electron chi connectivity index (χ1n) is 5.52. The number of H-pyrrole nitrogens is 1. The summed E-state index contributed by atoms with van der Waals surface area (Å²) in [7, 11) is 3.24. The van der Waals surface area contributed by atoms with Gasteiger partial charge in [0.1, 0.15) is 5.82 Å². The predicted octanol–water partition coefficient (Wildman–Crippen LogP) is 3.14. The molecular formula is C13H15ClN2O2. The highest BCUT2D eigenvalue weighted by Crippen LogP contribution is 2.34. The summed E-state index contributed by atoms with van der Waals surface area (Å²) in [5.74, 6) is 2.53. The molecule has 96 valence electrons. The monoisotopic (exact) mass is 266 g/mol. The zero-order valence-electron chi connectivity index (χ0n) is 10.6. The summed E-state index contributed by atoms with van der Waals surface area (Å²) in [5.41, 5.74) is 3.03. The lowest BCUT2D eigenvalue weighted by atomic mass is 10.1. The molecule has 2 aromatic rings. The Balaban J connectivity index is 2.50. The molecule has 0 unspecified atom stereocenters. The maximum Gasteiger partial charge on any atom is 0.161 e. The van der Waals surface area contributed by atoms with E-state index in [1.54, 1.807) is 20.4 Å². The lowest BCUT2D eigenvalue weighted by Gasteiger charge is -2.11. The molecule has 0 aliphatic carbocycles. The second-order valence-electron chi connectivity index (χ2n) is 3.90. The van der Waals surface area contributed by atoms with Crippen molar-refractivity contribution < 1.29 is 9.47 Å². The van der Waals surface area contributed by atoms with Gasteiger partial charge in [0.25, 0.3) is 0 Å². The van der Waals surface area contributed by atoms with E-state index < -0.39 is 0 Å². The van der Waals surface area contributed by atoms with E-state index in [2.05, 4.69) is 9.97 Å². The van der Waals surface area contributed by atoms with E-state index in [4.69, 9.17) is 21.1 Å². The van der Waals surface area contributed by atoms with Gasteiger partial charge in [-0.05, 0) is 24.6 Å². The molecule has 0 aliphatic heterocycles. The summed E-state index contributed by atoms with van der Waals surface area (Å²) in [6, 6.07) is 3.87. The summed E-state index contributed by atoms with van der Waals surface area (Å²) in [4.78, 5) is 7.36. The first-order chi connectivity index (χ1) is 8.69. The van der Waals surface area contributed by atoms with Crippen LogP contribution < -0.4 is 9.47 Å². The summed E-state index contributed by atoms with van der Waals surface area (Å²) >= 11 is 5.74. The Morgan fingerprint density at radius 2 is 1.89 bits per heavy atom. The molecule has 0 radical (unpaired) electrons. The number of nitrogens with one attached hydrogen (secondary N) is 1. The molecule has 0 atom stereocenters. The van der Waals surface area contributed by atoms with Crippen molar-refractivity contribution in [3.8, 4) is 22.8 Å². The van der Waals surface area contributed by atoms with Crippen molar-refractivity contribution >= 4 is 11.6 Å². The van der Waals surface area contributed by atoms with Gasteiger partial charge in [-0.15, -0.1) is 11.6 Å². The number of imidazole rings is 1. The third-order valence-corrected chi connectivity index (χ3v) is 3.03. The molecule has 0 fully saturated rings. The number of hydrogen-bond donors (Lipinski definition) is 1. The fourth-order valence-electron chi connectivity index (χ4n) is 1.84.